The smallest absolute Gasteiger partial charge is 0.410 e. The second-order valence-electron chi connectivity index (χ2n) is 7.26. The summed E-state index contributed by atoms with van der Waals surface area (Å²) in [7, 11) is 1.79. The van der Waals surface area contributed by atoms with Crippen molar-refractivity contribution < 1.29 is 19.1 Å². The van der Waals surface area contributed by atoms with E-state index in [1.165, 1.54) is 6.08 Å². The maximum Gasteiger partial charge on any atom is 0.410 e. The van der Waals surface area contributed by atoms with Crippen molar-refractivity contribution in [2.45, 2.75) is 44.1 Å². The molecule has 6 heteroatoms. The maximum atomic E-state index is 12.9. The van der Waals surface area contributed by atoms with E-state index in [4.69, 9.17) is 9.47 Å². The van der Waals surface area contributed by atoms with E-state index in [1.807, 2.05) is 26.0 Å². The summed E-state index contributed by atoms with van der Waals surface area (Å²) in [6.07, 6.45) is 5.35. The van der Waals surface area contributed by atoms with Crippen molar-refractivity contribution in [2.24, 2.45) is 5.92 Å². The zero-order valence-electron chi connectivity index (χ0n) is 15.1. The molecule has 0 spiro atoms. The molecular weight excluding hydrogens is 320 g/mol. The molecule has 0 aromatic rings. The first-order valence-corrected chi connectivity index (χ1v) is 8.62. The number of likely N-dealkylation sites (tertiary alicyclic amines) is 1. The SMILES string of the molecule is C=CCOC(=O)N1CC(C)=C[C@]2(C)O[C@H]3[C@H](C(=O)N(C)[C@@H]3CC=C)[C@H]12. The number of carbonyl (C=O) groups excluding carboxylic acids is 2. The molecule has 136 valence electrons. The van der Waals surface area contributed by atoms with Gasteiger partial charge in [0.05, 0.1) is 24.1 Å². The molecule has 0 bridgehead atoms. The van der Waals surface area contributed by atoms with E-state index in [0.29, 0.717) is 13.0 Å². The lowest BCUT2D eigenvalue weighted by Gasteiger charge is -2.42. The maximum absolute atomic E-state index is 12.9. The lowest BCUT2D eigenvalue weighted by atomic mass is 9.82. The number of ether oxygens (including phenoxy) is 2. The van der Waals surface area contributed by atoms with E-state index >= 15 is 0 Å². The van der Waals surface area contributed by atoms with Gasteiger partial charge in [-0.25, -0.2) is 4.79 Å². The first kappa shape index (κ1) is 17.7. The Morgan fingerprint density at radius 1 is 1.48 bits per heavy atom. The normalized spacial score (nSPS) is 36.6. The number of hydrogen-bond donors (Lipinski definition) is 0. The molecule has 3 rings (SSSR count). The first-order chi connectivity index (χ1) is 11.8. The monoisotopic (exact) mass is 346 g/mol. The van der Waals surface area contributed by atoms with Crippen molar-refractivity contribution in [3.63, 3.8) is 0 Å². The van der Waals surface area contributed by atoms with Gasteiger partial charge in [-0.3, -0.25) is 9.69 Å². The molecule has 3 aliphatic heterocycles. The van der Waals surface area contributed by atoms with Crippen LogP contribution in [0.25, 0.3) is 0 Å². The van der Waals surface area contributed by atoms with Crippen molar-refractivity contribution in [1.29, 1.82) is 0 Å². The molecule has 2 fully saturated rings. The molecule has 0 unspecified atom stereocenters. The highest BCUT2D eigenvalue weighted by Gasteiger charge is 2.65. The highest BCUT2D eigenvalue weighted by Crippen LogP contribution is 2.49. The van der Waals surface area contributed by atoms with Crippen molar-refractivity contribution in [2.75, 3.05) is 20.2 Å². The van der Waals surface area contributed by atoms with Crippen LogP contribution in [-0.4, -0.2) is 65.8 Å². The number of fused-ring (bicyclic) bond motifs is 3. The third-order valence-corrected chi connectivity index (χ3v) is 5.44. The number of hydrogen-bond acceptors (Lipinski definition) is 4. The van der Waals surface area contributed by atoms with E-state index < -0.39 is 11.7 Å². The lowest BCUT2D eigenvalue weighted by molar-refractivity contribution is -0.133. The third-order valence-electron chi connectivity index (χ3n) is 5.44. The van der Waals surface area contributed by atoms with Crippen molar-refractivity contribution in [3.05, 3.63) is 37.0 Å². The minimum absolute atomic E-state index is 0.0139. The average Bonchev–Trinajstić information content (AvgIpc) is 2.97. The molecule has 5 atom stereocenters. The van der Waals surface area contributed by atoms with E-state index in [-0.39, 0.29) is 36.6 Å². The van der Waals surface area contributed by atoms with Crippen LogP contribution < -0.4 is 0 Å². The molecule has 0 N–H and O–H groups in total. The molecule has 6 nitrogen and oxygen atoms in total. The van der Waals surface area contributed by atoms with Crippen LogP contribution in [0.3, 0.4) is 0 Å². The third kappa shape index (κ3) is 2.68. The van der Waals surface area contributed by atoms with Gasteiger partial charge in [-0.2, -0.15) is 0 Å². The standard InChI is InChI=1S/C19H26N2O4/c1-6-8-13-15-14(17(22)20(13)5)16-19(4,25-15)10-12(3)11-21(16)18(23)24-9-7-2/h6-7,10,13-16H,1-2,8-9,11H2,3-5H3/t13-,14+,15-,16+,19+/m1/s1. The zero-order chi connectivity index (χ0) is 18.4. The lowest BCUT2D eigenvalue weighted by Crippen LogP contribution is -2.57. The van der Waals surface area contributed by atoms with Gasteiger partial charge in [-0.05, 0) is 20.3 Å². The summed E-state index contributed by atoms with van der Waals surface area (Å²) < 4.78 is 11.6. The number of likely N-dealkylation sites (N-methyl/N-ethyl adjacent to an activating group) is 1. The summed E-state index contributed by atoms with van der Waals surface area (Å²) in [6.45, 7) is 11.9. The highest BCUT2D eigenvalue weighted by atomic mass is 16.6. The molecule has 0 saturated carbocycles. The average molecular weight is 346 g/mol. The van der Waals surface area contributed by atoms with Gasteiger partial charge in [-0.15, -0.1) is 6.58 Å². The van der Waals surface area contributed by atoms with Crippen molar-refractivity contribution in [1.82, 2.24) is 9.80 Å². The Kier molecular flexibility index (Phi) is 4.49. The molecular formula is C19H26N2O4. The molecule has 0 aliphatic carbocycles. The summed E-state index contributed by atoms with van der Waals surface area (Å²) in [6, 6.07) is -0.430. The molecule has 2 amide bonds. The molecule has 3 heterocycles. The molecule has 2 saturated heterocycles. The Morgan fingerprint density at radius 3 is 2.84 bits per heavy atom. The van der Waals surface area contributed by atoms with Gasteiger partial charge in [0, 0.05) is 13.6 Å². The summed E-state index contributed by atoms with van der Waals surface area (Å²) in [5.41, 5.74) is 0.330. The Hall–Kier alpha value is -2.08. The summed E-state index contributed by atoms with van der Waals surface area (Å²) in [5.74, 6) is -0.374. The second kappa shape index (κ2) is 6.33. The number of amides is 2. The minimum Gasteiger partial charge on any atom is -0.445 e. The zero-order valence-corrected chi connectivity index (χ0v) is 15.1. The van der Waals surface area contributed by atoms with E-state index in [2.05, 4.69) is 13.2 Å². The van der Waals surface area contributed by atoms with Gasteiger partial charge >= 0.3 is 6.09 Å². The van der Waals surface area contributed by atoms with Crippen molar-refractivity contribution in [3.8, 4) is 0 Å². The Morgan fingerprint density at radius 2 is 2.20 bits per heavy atom. The summed E-state index contributed by atoms with van der Waals surface area (Å²) in [5, 5.41) is 0. The molecule has 0 aromatic carbocycles. The number of nitrogens with zero attached hydrogens (tertiary/aromatic N) is 2. The largest absolute Gasteiger partial charge is 0.445 e. The van der Waals surface area contributed by atoms with Crippen LogP contribution in [0.1, 0.15) is 20.3 Å². The topological polar surface area (TPSA) is 59.1 Å². The minimum atomic E-state index is -0.693. The molecule has 0 radical (unpaired) electrons. The predicted octanol–water partition coefficient (Wildman–Crippen LogP) is 2.13. The fourth-order valence-electron chi connectivity index (χ4n) is 4.56. The van der Waals surface area contributed by atoms with Crippen LogP contribution in [0.5, 0.6) is 0 Å². The van der Waals surface area contributed by atoms with Crippen LogP contribution in [0.4, 0.5) is 4.79 Å². The van der Waals surface area contributed by atoms with Crippen LogP contribution in [-0.2, 0) is 14.3 Å². The Balaban J connectivity index is 1.98. The van der Waals surface area contributed by atoms with Gasteiger partial charge in [0.1, 0.15) is 12.2 Å². The van der Waals surface area contributed by atoms with Gasteiger partial charge in [0.25, 0.3) is 0 Å². The van der Waals surface area contributed by atoms with Gasteiger partial charge < -0.3 is 14.4 Å². The van der Waals surface area contributed by atoms with Crippen molar-refractivity contribution >= 4 is 12.0 Å². The molecule has 0 aromatic heterocycles. The first-order valence-electron chi connectivity index (χ1n) is 8.62. The van der Waals surface area contributed by atoms with Crippen LogP contribution in [0.15, 0.2) is 37.0 Å². The Labute approximate surface area is 148 Å². The fourth-order valence-corrected chi connectivity index (χ4v) is 4.56. The second-order valence-corrected chi connectivity index (χ2v) is 7.26. The summed E-state index contributed by atoms with van der Waals surface area (Å²) >= 11 is 0. The van der Waals surface area contributed by atoms with Crippen LogP contribution in [0.2, 0.25) is 0 Å². The van der Waals surface area contributed by atoms with E-state index in [9.17, 15) is 9.59 Å². The molecule has 3 aliphatic rings. The summed E-state index contributed by atoms with van der Waals surface area (Å²) in [4.78, 5) is 28.9. The van der Waals surface area contributed by atoms with E-state index in [0.717, 1.165) is 5.57 Å². The highest BCUT2D eigenvalue weighted by molar-refractivity contribution is 5.85. The predicted molar refractivity (Wildman–Crippen MR) is 93.9 cm³/mol. The number of carbonyl (C=O) groups is 2. The van der Waals surface area contributed by atoms with Crippen LogP contribution >= 0.6 is 0 Å². The Bertz CT molecular complexity index is 643. The quantitative estimate of drug-likeness (QED) is 0.732. The number of rotatable bonds is 4. The fraction of sp³-hybridized carbons (Fsp3) is 0.579. The van der Waals surface area contributed by atoms with Gasteiger partial charge in [-0.1, -0.05) is 30.4 Å². The van der Waals surface area contributed by atoms with Gasteiger partial charge in [0.2, 0.25) is 5.91 Å². The van der Waals surface area contributed by atoms with Crippen LogP contribution in [0, 0.1) is 5.92 Å². The van der Waals surface area contributed by atoms with Gasteiger partial charge in [0.15, 0.2) is 0 Å². The molecule has 25 heavy (non-hydrogen) atoms. The van der Waals surface area contributed by atoms with E-state index in [1.54, 1.807) is 16.8 Å².